The number of nitrogens with zero attached hydrogens (tertiary/aromatic N) is 1. The second kappa shape index (κ2) is 3.16. The van der Waals surface area contributed by atoms with Gasteiger partial charge < -0.3 is 19.7 Å². The zero-order valence-electron chi connectivity index (χ0n) is 9.43. The summed E-state index contributed by atoms with van der Waals surface area (Å²) < 4.78 is 10.5. The van der Waals surface area contributed by atoms with E-state index in [2.05, 4.69) is 5.32 Å². The molecule has 3 aliphatic rings. The van der Waals surface area contributed by atoms with E-state index in [4.69, 9.17) is 9.47 Å². The number of carbonyl (C=O) groups is 2. The van der Waals surface area contributed by atoms with Crippen molar-refractivity contribution >= 4 is 11.8 Å². The monoisotopic (exact) mass is 246 g/mol. The SMILES string of the molecule is O=C1NCCN2C(=O)c3cc4c(cc3C12)OCO4. The normalized spacial score (nSPS) is 23.8. The predicted octanol–water partition coefficient (Wildman–Crippen LogP) is 0.0420. The van der Waals surface area contributed by atoms with Crippen LogP contribution in [0.1, 0.15) is 22.0 Å². The third-order valence-electron chi connectivity index (χ3n) is 3.54. The molecule has 1 saturated heterocycles. The number of hydrogen-bond donors (Lipinski definition) is 1. The number of fused-ring (bicyclic) bond motifs is 4. The molecule has 1 aromatic rings. The van der Waals surface area contributed by atoms with Crippen LogP contribution in [-0.4, -0.2) is 36.6 Å². The molecule has 0 spiro atoms. The molecule has 92 valence electrons. The molecule has 1 aromatic carbocycles. The summed E-state index contributed by atoms with van der Waals surface area (Å²) in [6.45, 7) is 1.20. The number of amides is 2. The Bertz CT molecular complexity index is 584. The van der Waals surface area contributed by atoms with Gasteiger partial charge in [0.2, 0.25) is 12.7 Å². The van der Waals surface area contributed by atoms with E-state index in [0.717, 1.165) is 0 Å². The van der Waals surface area contributed by atoms with Gasteiger partial charge in [-0.25, -0.2) is 0 Å². The molecule has 18 heavy (non-hydrogen) atoms. The molecule has 1 fully saturated rings. The summed E-state index contributed by atoms with van der Waals surface area (Å²) in [5.41, 5.74) is 1.25. The Morgan fingerprint density at radius 1 is 1.22 bits per heavy atom. The van der Waals surface area contributed by atoms with Crippen molar-refractivity contribution in [3.05, 3.63) is 23.3 Å². The van der Waals surface area contributed by atoms with Crippen LogP contribution in [0.25, 0.3) is 0 Å². The van der Waals surface area contributed by atoms with Gasteiger partial charge in [-0.3, -0.25) is 9.59 Å². The Balaban J connectivity index is 1.90. The highest BCUT2D eigenvalue weighted by Crippen LogP contribution is 2.42. The Kier molecular flexibility index (Phi) is 1.71. The van der Waals surface area contributed by atoms with Crippen molar-refractivity contribution in [1.29, 1.82) is 0 Å². The van der Waals surface area contributed by atoms with Crippen LogP contribution >= 0.6 is 0 Å². The molecular formula is C12H10N2O4. The Hall–Kier alpha value is -2.24. The van der Waals surface area contributed by atoms with Crippen molar-refractivity contribution in [2.24, 2.45) is 0 Å². The van der Waals surface area contributed by atoms with Gasteiger partial charge in [0.15, 0.2) is 11.5 Å². The first-order valence-electron chi connectivity index (χ1n) is 5.78. The number of hydrogen-bond acceptors (Lipinski definition) is 4. The summed E-state index contributed by atoms with van der Waals surface area (Å²) in [4.78, 5) is 25.7. The zero-order chi connectivity index (χ0) is 12.3. The fraction of sp³-hybridized carbons (Fsp3) is 0.333. The first kappa shape index (κ1) is 9.76. The van der Waals surface area contributed by atoms with Gasteiger partial charge in [-0.2, -0.15) is 0 Å². The molecule has 4 rings (SSSR count). The maximum absolute atomic E-state index is 12.2. The van der Waals surface area contributed by atoms with E-state index < -0.39 is 6.04 Å². The molecule has 1 unspecified atom stereocenters. The van der Waals surface area contributed by atoms with Gasteiger partial charge in [0.25, 0.3) is 5.91 Å². The number of piperazine rings is 1. The third kappa shape index (κ3) is 1.07. The standard InChI is InChI=1S/C12H10N2O4/c15-11-10-6-3-8-9(18-5-17-8)4-7(6)12(16)14(10)2-1-13-11/h3-4,10H,1-2,5H2,(H,13,15). The molecule has 6 nitrogen and oxygen atoms in total. The van der Waals surface area contributed by atoms with Crippen molar-refractivity contribution in [2.75, 3.05) is 19.9 Å². The third-order valence-corrected chi connectivity index (χ3v) is 3.54. The molecule has 0 saturated carbocycles. The van der Waals surface area contributed by atoms with Gasteiger partial charge in [-0.15, -0.1) is 0 Å². The fourth-order valence-corrected chi connectivity index (χ4v) is 2.72. The van der Waals surface area contributed by atoms with Crippen LogP contribution in [0, 0.1) is 0 Å². The predicted molar refractivity (Wildman–Crippen MR) is 59.4 cm³/mol. The minimum atomic E-state index is -0.518. The van der Waals surface area contributed by atoms with E-state index in [-0.39, 0.29) is 18.6 Å². The largest absolute Gasteiger partial charge is 0.454 e. The quantitative estimate of drug-likeness (QED) is 0.702. The summed E-state index contributed by atoms with van der Waals surface area (Å²) in [5, 5.41) is 2.78. The van der Waals surface area contributed by atoms with Crippen LogP contribution in [0.2, 0.25) is 0 Å². The summed E-state index contributed by atoms with van der Waals surface area (Å²) in [6, 6.07) is 2.90. The van der Waals surface area contributed by atoms with E-state index in [0.29, 0.717) is 35.7 Å². The molecule has 1 atom stereocenters. The smallest absolute Gasteiger partial charge is 0.255 e. The van der Waals surface area contributed by atoms with E-state index in [9.17, 15) is 9.59 Å². The Morgan fingerprint density at radius 2 is 2.00 bits per heavy atom. The molecule has 2 amide bonds. The molecule has 0 aromatic heterocycles. The summed E-state index contributed by atoms with van der Waals surface area (Å²) in [6.07, 6.45) is 0. The summed E-state index contributed by atoms with van der Waals surface area (Å²) in [5.74, 6) is 0.930. The van der Waals surface area contributed by atoms with Crippen LogP contribution in [0.5, 0.6) is 11.5 Å². The molecule has 6 heteroatoms. The van der Waals surface area contributed by atoms with Crippen LogP contribution < -0.4 is 14.8 Å². The summed E-state index contributed by atoms with van der Waals surface area (Å²) in [7, 11) is 0. The lowest BCUT2D eigenvalue weighted by molar-refractivity contribution is -0.127. The average molecular weight is 246 g/mol. The van der Waals surface area contributed by atoms with Crippen molar-refractivity contribution in [3.63, 3.8) is 0 Å². The first-order chi connectivity index (χ1) is 8.75. The van der Waals surface area contributed by atoms with Gasteiger partial charge in [0.1, 0.15) is 6.04 Å². The van der Waals surface area contributed by atoms with Crippen molar-refractivity contribution in [1.82, 2.24) is 10.2 Å². The topological polar surface area (TPSA) is 67.9 Å². The van der Waals surface area contributed by atoms with Crippen molar-refractivity contribution in [2.45, 2.75) is 6.04 Å². The summed E-state index contributed by atoms with van der Waals surface area (Å²) >= 11 is 0. The van der Waals surface area contributed by atoms with E-state index in [1.807, 2.05) is 0 Å². The highest BCUT2D eigenvalue weighted by Gasteiger charge is 2.44. The lowest BCUT2D eigenvalue weighted by atomic mass is 10.0. The van der Waals surface area contributed by atoms with Gasteiger partial charge in [0.05, 0.1) is 0 Å². The van der Waals surface area contributed by atoms with Gasteiger partial charge in [0, 0.05) is 24.2 Å². The molecule has 1 N–H and O–H groups in total. The number of nitrogens with one attached hydrogen (secondary N) is 1. The first-order valence-corrected chi connectivity index (χ1v) is 5.78. The van der Waals surface area contributed by atoms with Gasteiger partial charge in [-0.1, -0.05) is 0 Å². The van der Waals surface area contributed by atoms with E-state index in [1.165, 1.54) is 0 Å². The van der Waals surface area contributed by atoms with Gasteiger partial charge >= 0.3 is 0 Å². The Morgan fingerprint density at radius 3 is 2.83 bits per heavy atom. The van der Waals surface area contributed by atoms with E-state index in [1.54, 1.807) is 17.0 Å². The van der Waals surface area contributed by atoms with Gasteiger partial charge in [-0.05, 0) is 12.1 Å². The molecule has 0 bridgehead atoms. The Labute approximate surface area is 102 Å². The van der Waals surface area contributed by atoms with Crippen LogP contribution in [0.3, 0.4) is 0 Å². The minimum Gasteiger partial charge on any atom is -0.454 e. The highest BCUT2D eigenvalue weighted by atomic mass is 16.7. The molecule has 3 heterocycles. The maximum atomic E-state index is 12.2. The number of benzene rings is 1. The lowest BCUT2D eigenvalue weighted by Crippen LogP contribution is -2.48. The average Bonchev–Trinajstić information content (AvgIpc) is 2.92. The lowest BCUT2D eigenvalue weighted by Gasteiger charge is -2.29. The maximum Gasteiger partial charge on any atom is 0.255 e. The second-order valence-corrected chi connectivity index (χ2v) is 4.48. The second-order valence-electron chi connectivity index (χ2n) is 4.48. The molecular weight excluding hydrogens is 236 g/mol. The van der Waals surface area contributed by atoms with Crippen LogP contribution in [0.4, 0.5) is 0 Å². The molecule has 0 radical (unpaired) electrons. The van der Waals surface area contributed by atoms with E-state index >= 15 is 0 Å². The van der Waals surface area contributed by atoms with Crippen LogP contribution in [0.15, 0.2) is 12.1 Å². The number of rotatable bonds is 0. The molecule has 3 aliphatic heterocycles. The van der Waals surface area contributed by atoms with Crippen LogP contribution in [-0.2, 0) is 4.79 Å². The van der Waals surface area contributed by atoms with Crippen molar-refractivity contribution in [3.8, 4) is 11.5 Å². The van der Waals surface area contributed by atoms with Crippen molar-refractivity contribution < 1.29 is 19.1 Å². The fourth-order valence-electron chi connectivity index (χ4n) is 2.72. The number of ether oxygens (including phenoxy) is 2. The molecule has 0 aliphatic carbocycles. The zero-order valence-corrected chi connectivity index (χ0v) is 9.43. The highest BCUT2D eigenvalue weighted by molar-refractivity contribution is 6.05. The number of carbonyl (C=O) groups excluding carboxylic acids is 2. The minimum absolute atomic E-state index is 0.108.